The topological polar surface area (TPSA) is 47.7 Å². The van der Waals surface area contributed by atoms with Crippen LogP contribution in [0.25, 0.3) is 0 Å². The van der Waals surface area contributed by atoms with Crippen molar-refractivity contribution in [1.29, 1.82) is 0 Å². The highest BCUT2D eigenvalue weighted by Gasteiger charge is 2.19. The van der Waals surface area contributed by atoms with Crippen molar-refractivity contribution in [2.45, 2.75) is 19.1 Å². The Labute approximate surface area is 121 Å². The van der Waals surface area contributed by atoms with E-state index in [0.29, 0.717) is 6.54 Å². The third-order valence-electron chi connectivity index (χ3n) is 3.60. The molecular weight excluding hydrogens is 252 g/mol. The largest absolute Gasteiger partial charge is 0.496 e. The molecule has 1 aromatic carbocycles. The minimum atomic E-state index is 0.162. The first-order valence-corrected chi connectivity index (χ1v) is 7.07. The molecule has 1 saturated heterocycles. The molecule has 0 aromatic heterocycles. The fraction of sp³-hybridized carbons (Fsp3) is 0.500. The van der Waals surface area contributed by atoms with Gasteiger partial charge in [0.15, 0.2) is 0 Å². The van der Waals surface area contributed by atoms with E-state index in [1.165, 1.54) is 11.1 Å². The van der Waals surface area contributed by atoms with Gasteiger partial charge in [-0.05, 0) is 23.6 Å². The number of nitrogens with zero attached hydrogens (tertiary/aromatic N) is 1. The van der Waals surface area contributed by atoms with E-state index in [1.54, 1.807) is 7.11 Å². The average molecular weight is 276 g/mol. The van der Waals surface area contributed by atoms with E-state index in [1.807, 2.05) is 12.1 Å². The lowest BCUT2D eigenvalue weighted by molar-refractivity contribution is -0.0260. The fourth-order valence-corrected chi connectivity index (χ4v) is 2.57. The zero-order chi connectivity index (χ0) is 14.4. The van der Waals surface area contributed by atoms with Crippen LogP contribution in [-0.2, 0) is 17.7 Å². The summed E-state index contributed by atoms with van der Waals surface area (Å²) < 4.78 is 11.0. The van der Waals surface area contributed by atoms with Gasteiger partial charge in [0, 0.05) is 26.2 Å². The summed E-state index contributed by atoms with van der Waals surface area (Å²) in [7, 11) is 1.70. The van der Waals surface area contributed by atoms with E-state index < -0.39 is 0 Å². The molecule has 0 bridgehead atoms. The molecule has 1 heterocycles. The van der Waals surface area contributed by atoms with Gasteiger partial charge in [-0.15, -0.1) is 6.58 Å². The molecule has 0 aliphatic carbocycles. The van der Waals surface area contributed by atoms with Crippen molar-refractivity contribution < 1.29 is 9.47 Å². The number of nitrogens with two attached hydrogens (primary N) is 1. The molecule has 0 amide bonds. The first-order chi connectivity index (χ1) is 9.76. The normalized spacial score (nSPS) is 19.8. The van der Waals surface area contributed by atoms with Crippen LogP contribution < -0.4 is 10.5 Å². The molecule has 0 spiro atoms. The highest BCUT2D eigenvalue weighted by atomic mass is 16.5. The molecule has 1 fully saturated rings. The van der Waals surface area contributed by atoms with Gasteiger partial charge < -0.3 is 15.2 Å². The van der Waals surface area contributed by atoms with Gasteiger partial charge in [-0.3, -0.25) is 4.90 Å². The molecule has 1 aliphatic heterocycles. The third-order valence-corrected chi connectivity index (χ3v) is 3.60. The number of ether oxygens (including phenoxy) is 2. The number of benzene rings is 1. The Morgan fingerprint density at radius 3 is 3.10 bits per heavy atom. The lowest BCUT2D eigenvalue weighted by atomic mass is 10.1. The summed E-state index contributed by atoms with van der Waals surface area (Å²) in [5, 5.41) is 0. The zero-order valence-electron chi connectivity index (χ0n) is 12.2. The van der Waals surface area contributed by atoms with Crippen molar-refractivity contribution in [3.63, 3.8) is 0 Å². The summed E-state index contributed by atoms with van der Waals surface area (Å²) in [4.78, 5) is 2.39. The molecule has 110 valence electrons. The Bertz CT molecular complexity index is 448. The molecule has 1 unspecified atom stereocenters. The maximum Gasteiger partial charge on any atom is 0.122 e. The van der Waals surface area contributed by atoms with Crippen LogP contribution in [0.2, 0.25) is 0 Å². The van der Waals surface area contributed by atoms with Gasteiger partial charge in [0.1, 0.15) is 5.75 Å². The van der Waals surface area contributed by atoms with Crippen LogP contribution in [0.5, 0.6) is 5.75 Å². The quantitative estimate of drug-likeness (QED) is 0.802. The van der Waals surface area contributed by atoms with Crippen molar-refractivity contribution >= 4 is 0 Å². The van der Waals surface area contributed by atoms with E-state index in [-0.39, 0.29) is 6.10 Å². The lowest BCUT2D eigenvalue weighted by Crippen LogP contribution is -2.45. The molecule has 1 atom stereocenters. The van der Waals surface area contributed by atoms with Gasteiger partial charge >= 0.3 is 0 Å². The summed E-state index contributed by atoms with van der Waals surface area (Å²) in [6, 6.07) is 6.36. The summed E-state index contributed by atoms with van der Waals surface area (Å²) in [6.45, 7) is 7.93. The van der Waals surface area contributed by atoms with E-state index in [4.69, 9.17) is 15.2 Å². The highest BCUT2D eigenvalue weighted by Crippen LogP contribution is 2.22. The van der Waals surface area contributed by atoms with Crippen molar-refractivity contribution in [1.82, 2.24) is 4.90 Å². The van der Waals surface area contributed by atoms with Crippen LogP contribution in [-0.4, -0.2) is 44.4 Å². The maximum absolute atomic E-state index is 5.68. The van der Waals surface area contributed by atoms with Crippen LogP contribution in [0.1, 0.15) is 11.1 Å². The summed E-state index contributed by atoms with van der Waals surface area (Å²) >= 11 is 0. The SMILES string of the molecule is C=CCc1cc(CN2CCOC(CN)C2)ccc1OC. The Balaban J connectivity index is 2.05. The molecule has 1 aromatic rings. The van der Waals surface area contributed by atoms with E-state index >= 15 is 0 Å². The minimum Gasteiger partial charge on any atom is -0.496 e. The second kappa shape index (κ2) is 7.43. The third kappa shape index (κ3) is 3.82. The molecule has 4 nitrogen and oxygen atoms in total. The summed E-state index contributed by atoms with van der Waals surface area (Å²) in [5.41, 5.74) is 8.16. The molecule has 1 aliphatic rings. The monoisotopic (exact) mass is 276 g/mol. The number of methoxy groups -OCH3 is 1. The fourth-order valence-electron chi connectivity index (χ4n) is 2.57. The van der Waals surface area contributed by atoms with Crippen molar-refractivity contribution in [2.75, 3.05) is 33.4 Å². The second-order valence-corrected chi connectivity index (χ2v) is 5.10. The van der Waals surface area contributed by atoms with Crippen LogP contribution in [0.3, 0.4) is 0 Å². The lowest BCUT2D eigenvalue weighted by Gasteiger charge is -2.32. The predicted octanol–water partition coefficient (Wildman–Crippen LogP) is 1.58. The van der Waals surface area contributed by atoms with Gasteiger partial charge in [0.25, 0.3) is 0 Å². The maximum atomic E-state index is 5.68. The van der Waals surface area contributed by atoms with Gasteiger partial charge in [0.05, 0.1) is 19.8 Å². The second-order valence-electron chi connectivity index (χ2n) is 5.10. The molecule has 2 rings (SSSR count). The Morgan fingerprint density at radius 2 is 2.40 bits per heavy atom. The average Bonchev–Trinajstić information content (AvgIpc) is 2.48. The van der Waals surface area contributed by atoms with Gasteiger partial charge in [-0.1, -0.05) is 18.2 Å². The molecular formula is C16H24N2O2. The van der Waals surface area contributed by atoms with Crippen molar-refractivity contribution in [3.05, 3.63) is 42.0 Å². The summed E-state index contributed by atoms with van der Waals surface area (Å²) in [6.07, 6.45) is 2.89. The molecule has 4 heteroatoms. The first-order valence-electron chi connectivity index (χ1n) is 7.07. The van der Waals surface area contributed by atoms with Crippen molar-refractivity contribution in [3.8, 4) is 5.75 Å². The molecule has 0 radical (unpaired) electrons. The number of morpholine rings is 1. The number of hydrogen-bond acceptors (Lipinski definition) is 4. The number of rotatable bonds is 6. The summed E-state index contributed by atoms with van der Waals surface area (Å²) in [5.74, 6) is 0.926. The highest BCUT2D eigenvalue weighted by molar-refractivity contribution is 5.38. The predicted molar refractivity (Wildman–Crippen MR) is 81.0 cm³/mol. The number of allylic oxidation sites excluding steroid dienone is 1. The minimum absolute atomic E-state index is 0.162. The van der Waals surface area contributed by atoms with E-state index in [2.05, 4.69) is 23.6 Å². The van der Waals surface area contributed by atoms with Crippen molar-refractivity contribution in [2.24, 2.45) is 5.73 Å². The Kier molecular flexibility index (Phi) is 5.59. The molecule has 0 saturated carbocycles. The molecule has 2 N–H and O–H groups in total. The van der Waals surface area contributed by atoms with Crippen LogP contribution >= 0.6 is 0 Å². The van der Waals surface area contributed by atoms with Gasteiger partial charge in [-0.25, -0.2) is 0 Å². The number of hydrogen-bond donors (Lipinski definition) is 1. The van der Waals surface area contributed by atoms with Gasteiger partial charge in [-0.2, -0.15) is 0 Å². The first kappa shape index (κ1) is 15.0. The Morgan fingerprint density at radius 1 is 1.55 bits per heavy atom. The van der Waals surface area contributed by atoms with Crippen LogP contribution in [0, 0.1) is 0 Å². The smallest absolute Gasteiger partial charge is 0.122 e. The van der Waals surface area contributed by atoms with Crippen LogP contribution in [0.4, 0.5) is 0 Å². The zero-order valence-corrected chi connectivity index (χ0v) is 12.2. The molecule has 20 heavy (non-hydrogen) atoms. The van der Waals surface area contributed by atoms with Crippen LogP contribution in [0.15, 0.2) is 30.9 Å². The van der Waals surface area contributed by atoms with E-state index in [0.717, 1.165) is 38.4 Å². The van der Waals surface area contributed by atoms with E-state index in [9.17, 15) is 0 Å². The standard InChI is InChI=1S/C16H24N2O2/c1-3-4-14-9-13(5-6-16(14)19-2)11-18-7-8-20-15(10-17)12-18/h3,5-6,9,15H,1,4,7-8,10-12,17H2,2H3. The van der Waals surface area contributed by atoms with Gasteiger partial charge in [0.2, 0.25) is 0 Å². The Hall–Kier alpha value is -1.36.